The van der Waals surface area contributed by atoms with Crippen LogP contribution in [0.3, 0.4) is 0 Å². The van der Waals surface area contributed by atoms with Crippen LogP contribution in [0.15, 0.2) is 42.7 Å². The second-order valence-electron chi connectivity index (χ2n) is 5.88. The highest BCUT2D eigenvalue weighted by atomic mass is 19.1. The van der Waals surface area contributed by atoms with Crippen LogP contribution >= 0.6 is 0 Å². The van der Waals surface area contributed by atoms with Gasteiger partial charge < -0.3 is 4.74 Å². The van der Waals surface area contributed by atoms with Gasteiger partial charge in [-0.1, -0.05) is 0 Å². The van der Waals surface area contributed by atoms with Crippen molar-refractivity contribution in [3.63, 3.8) is 0 Å². The maximum absolute atomic E-state index is 12.9. The zero-order valence-electron chi connectivity index (χ0n) is 13.0. The Morgan fingerprint density at radius 1 is 1.17 bits per heavy atom. The average molecular weight is 325 g/mol. The van der Waals surface area contributed by atoms with E-state index in [9.17, 15) is 9.18 Å². The lowest BCUT2D eigenvalue weighted by Gasteiger charge is -2.23. The van der Waals surface area contributed by atoms with Crippen LogP contribution in [0.25, 0.3) is 10.9 Å². The molecule has 0 saturated carbocycles. The van der Waals surface area contributed by atoms with E-state index >= 15 is 0 Å². The molecule has 1 unspecified atom stereocenters. The maximum atomic E-state index is 12.9. The molecule has 0 spiro atoms. The summed E-state index contributed by atoms with van der Waals surface area (Å²) >= 11 is 0. The first-order chi connectivity index (χ1) is 11.7. The molecule has 1 saturated heterocycles. The molecule has 1 aliphatic rings. The Bertz CT molecular complexity index is 883. The summed E-state index contributed by atoms with van der Waals surface area (Å²) in [5, 5.41) is 5.30. The van der Waals surface area contributed by atoms with Crippen molar-refractivity contribution in [1.82, 2.24) is 14.8 Å². The third kappa shape index (κ3) is 2.69. The molecule has 1 aromatic carbocycles. The molecular formula is C18H16FN3O2. The monoisotopic (exact) mass is 325 g/mol. The molecule has 24 heavy (non-hydrogen) atoms. The molecule has 1 fully saturated rings. The summed E-state index contributed by atoms with van der Waals surface area (Å²) in [5.74, 6) is -0.790. The van der Waals surface area contributed by atoms with Crippen molar-refractivity contribution < 1.29 is 13.9 Å². The average Bonchev–Trinajstić information content (AvgIpc) is 3.05. The van der Waals surface area contributed by atoms with Gasteiger partial charge in [-0.15, -0.1) is 0 Å². The molecule has 1 atom stereocenters. The van der Waals surface area contributed by atoms with Crippen molar-refractivity contribution >= 4 is 16.7 Å². The highest BCUT2D eigenvalue weighted by Crippen LogP contribution is 2.27. The fourth-order valence-corrected chi connectivity index (χ4v) is 3.02. The standard InChI is InChI=1S/C18H16FN3O2/c19-16-7-5-13(10-20-16)18(23)12-4-6-15-14(9-12)11-21-22(15)17-3-1-2-8-24-17/h4-7,9-11,17H,1-3,8H2. The predicted molar refractivity (Wildman–Crippen MR) is 86.2 cm³/mol. The van der Waals surface area contributed by atoms with Gasteiger partial charge in [0, 0.05) is 29.3 Å². The first-order valence-corrected chi connectivity index (χ1v) is 7.97. The molecule has 0 amide bonds. The normalized spacial score (nSPS) is 18.0. The van der Waals surface area contributed by atoms with E-state index < -0.39 is 5.95 Å². The van der Waals surface area contributed by atoms with Gasteiger partial charge >= 0.3 is 0 Å². The number of ketones is 1. The second-order valence-corrected chi connectivity index (χ2v) is 5.88. The van der Waals surface area contributed by atoms with Crippen LogP contribution in [-0.4, -0.2) is 27.2 Å². The van der Waals surface area contributed by atoms with Crippen LogP contribution in [-0.2, 0) is 4.74 Å². The molecule has 0 N–H and O–H groups in total. The van der Waals surface area contributed by atoms with Crippen molar-refractivity contribution in [1.29, 1.82) is 0 Å². The number of aromatic nitrogens is 3. The van der Waals surface area contributed by atoms with Crippen LogP contribution in [0.1, 0.15) is 41.4 Å². The molecule has 3 aromatic rings. The Balaban J connectivity index is 1.66. The van der Waals surface area contributed by atoms with E-state index in [1.54, 1.807) is 18.3 Å². The molecule has 6 heteroatoms. The van der Waals surface area contributed by atoms with Crippen LogP contribution < -0.4 is 0 Å². The zero-order valence-corrected chi connectivity index (χ0v) is 13.0. The number of fused-ring (bicyclic) bond motifs is 1. The highest BCUT2D eigenvalue weighted by molar-refractivity contribution is 6.10. The number of hydrogen-bond acceptors (Lipinski definition) is 4. The summed E-state index contributed by atoms with van der Waals surface area (Å²) in [6, 6.07) is 8.06. The second kappa shape index (κ2) is 6.13. The first kappa shape index (κ1) is 15.0. The molecular weight excluding hydrogens is 309 g/mol. The Morgan fingerprint density at radius 3 is 2.79 bits per heavy atom. The summed E-state index contributed by atoms with van der Waals surface area (Å²) in [6.45, 7) is 0.750. The number of carbonyl (C=O) groups is 1. The first-order valence-electron chi connectivity index (χ1n) is 7.97. The van der Waals surface area contributed by atoms with Crippen molar-refractivity contribution in [2.75, 3.05) is 6.61 Å². The number of rotatable bonds is 3. The van der Waals surface area contributed by atoms with Gasteiger partial charge in [0.25, 0.3) is 0 Å². The fraction of sp³-hybridized carbons (Fsp3) is 0.278. The maximum Gasteiger partial charge on any atom is 0.212 e. The minimum atomic E-state index is -0.601. The van der Waals surface area contributed by atoms with Crippen molar-refractivity contribution in [3.8, 4) is 0 Å². The van der Waals surface area contributed by atoms with Gasteiger partial charge in [0.15, 0.2) is 12.0 Å². The van der Waals surface area contributed by atoms with Crippen LogP contribution in [0.4, 0.5) is 4.39 Å². The molecule has 5 nitrogen and oxygen atoms in total. The van der Waals surface area contributed by atoms with E-state index in [4.69, 9.17) is 4.74 Å². The number of pyridine rings is 1. The molecule has 2 aromatic heterocycles. The van der Waals surface area contributed by atoms with Gasteiger partial charge in [0.05, 0.1) is 11.7 Å². The topological polar surface area (TPSA) is 57.0 Å². The molecule has 3 heterocycles. The molecule has 4 rings (SSSR count). The number of nitrogens with zero attached hydrogens (tertiary/aromatic N) is 3. The third-order valence-corrected chi connectivity index (χ3v) is 4.28. The lowest BCUT2D eigenvalue weighted by Crippen LogP contribution is -2.18. The summed E-state index contributed by atoms with van der Waals surface area (Å²) in [5.41, 5.74) is 1.83. The van der Waals surface area contributed by atoms with Gasteiger partial charge in [-0.2, -0.15) is 9.49 Å². The smallest absolute Gasteiger partial charge is 0.212 e. The molecule has 1 aliphatic heterocycles. The van der Waals surface area contributed by atoms with E-state index in [1.807, 2.05) is 10.7 Å². The lowest BCUT2D eigenvalue weighted by molar-refractivity contribution is -0.0366. The van der Waals surface area contributed by atoms with Gasteiger partial charge in [0.1, 0.15) is 0 Å². The van der Waals surface area contributed by atoms with E-state index in [2.05, 4.69) is 10.1 Å². The number of benzene rings is 1. The number of hydrogen-bond donors (Lipinski definition) is 0. The summed E-state index contributed by atoms with van der Waals surface area (Å²) in [7, 11) is 0. The van der Waals surface area contributed by atoms with E-state index in [1.165, 1.54) is 18.3 Å². The van der Waals surface area contributed by atoms with Crippen molar-refractivity contribution in [2.24, 2.45) is 0 Å². The molecule has 0 bridgehead atoms. The Hall–Kier alpha value is -2.60. The Kier molecular flexibility index (Phi) is 3.82. The predicted octanol–water partition coefficient (Wildman–Crippen LogP) is 3.50. The van der Waals surface area contributed by atoms with Crippen LogP contribution in [0.5, 0.6) is 0 Å². The van der Waals surface area contributed by atoms with E-state index in [0.29, 0.717) is 11.1 Å². The van der Waals surface area contributed by atoms with Gasteiger partial charge in [-0.3, -0.25) is 4.79 Å². The van der Waals surface area contributed by atoms with E-state index in [0.717, 1.165) is 36.8 Å². The minimum absolute atomic E-state index is 0.0425. The summed E-state index contributed by atoms with van der Waals surface area (Å²) in [4.78, 5) is 16.0. The van der Waals surface area contributed by atoms with Crippen molar-refractivity contribution in [2.45, 2.75) is 25.5 Å². The third-order valence-electron chi connectivity index (χ3n) is 4.28. The number of carbonyl (C=O) groups excluding carboxylic acids is 1. The van der Waals surface area contributed by atoms with Gasteiger partial charge in [-0.05, 0) is 49.6 Å². The molecule has 0 aliphatic carbocycles. The fourth-order valence-electron chi connectivity index (χ4n) is 3.02. The zero-order chi connectivity index (χ0) is 16.5. The largest absolute Gasteiger partial charge is 0.356 e. The quantitative estimate of drug-likeness (QED) is 0.546. The van der Waals surface area contributed by atoms with Crippen molar-refractivity contribution in [3.05, 3.63) is 59.8 Å². The molecule has 122 valence electrons. The Labute approximate surface area is 138 Å². The SMILES string of the molecule is O=C(c1ccc(F)nc1)c1ccc2c(cnn2C2CCCCO2)c1. The van der Waals surface area contributed by atoms with Crippen LogP contribution in [0.2, 0.25) is 0 Å². The van der Waals surface area contributed by atoms with Gasteiger partial charge in [-0.25, -0.2) is 9.67 Å². The minimum Gasteiger partial charge on any atom is -0.356 e. The van der Waals surface area contributed by atoms with Gasteiger partial charge in [0.2, 0.25) is 5.95 Å². The van der Waals surface area contributed by atoms with Crippen LogP contribution in [0, 0.1) is 5.95 Å². The lowest BCUT2D eigenvalue weighted by atomic mass is 10.0. The van der Waals surface area contributed by atoms with E-state index in [-0.39, 0.29) is 12.0 Å². The Morgan fingerprint density at radius 2 is 2.04 bits per heavy atom. The summed E-state index contributed by atoms with van der Waals surface area (Å²) in [6.07, 6.45) is 6.10. The highest BCUT2D eigenvalue weighted by Gasteiger charge is 2.19. The number of ether oxygens (including phenoxy) is 1. The summed E-state index contributed by atoms with van der Waals surface area (Å²) < 4.78 is 20.6. The molecule has 0 radical (unpaired) electrons. The number of halogens is 1.